The summed E-state index contributed by atoms with van der Waals surface area (Å²) in [6, 6.07) is 7.03. The first-order valence-corrected chi connectivity index (χ1v) is 10.2. The van der Waals surface area contributed by atoms with Gasteiger partial charge in [0.15, 0.2) is 0 Å². The Kier molecular flexibility index (Phi) is 6.70. The van der Waals surface area contributed by atoms with Crippen molar-refractivity contribution in [1.82, 2.24) is 0 Å². The summed E-state index contributed by atoms with van der Waals surface area (Å²) >= 11 is 0. The van der Waals surface area contributed by atoms with Crippen LogP contribution in [0.1, 0.15) is 67.8 Å². The fourth-order valence-electron chi connectivity index (χ4n) is 4.16. The van der Waals surface area contributed by atoms with Gasteiger partial charge in [-0.05, 0) is 60.6 Å². The van der Waals surface area contributed by atoms with Gasteiger partial charge in [0.25, 0.3) is 0 Å². The van der Waals surface area contributed by atoms with Crippen molar-refractivity contribution < 1.29 is 27.4 Å². The van der Waals surface area contributed by atoms with Crippen molar-refractivity contribution in [3.8, 4) is 5.75 Å². The molecule has 1 saturated carbocycles. The standard InChI is InChI=1S/C23H27F3O3/c1-3-4-5-15-6-10-18(11-7-15)29-20-13-9-16-14-17(22(27)28-2)8-12-19(16)21(20)23(24,25)26/h8-9,12-15,18H,3-7,10-11H2,1-2H3. The highest BCUT2D eigenvalue weighted by atomic mass is 19.4. The molecule has 0 N–H and O–H groups in total. The van der Waals surface area contributed by atoms with Gasteiger partial charge in [0.2, 0.25) is 0 Å². The van der Waals surface area contributed by atoms with Crippen LogP contribution in [0.2, 0.25) is 0 Å². The third kappa shape index (κ3) is 5.03. The first-order valence-electron chi connectivity index (χ1n) is 10.2. The predicted octanol–water partition coefficient (Wildman–Crippen LogP) is 6.77. The molecule has 0 amide bonds. The molecule has 1 fully saturated rings. The van der Waals surface area contributed by atoms with Crippen molar-refractivity contribution in [2.45, 2.75) is 64.1 Å². The van der Waals surface area contributed by atoms with Crippen LogP contribution in [0.4, 0.5) is 13.2 Å². The lowest BCUT2D eigenvalue weighted by atomic mass is 9.84. The van der Waals surface area contributed by atoms with Crippen LogP contribution in [0.25, 0.3) is 10.8 Å². The number of halogens is 3. The van der Waals surface area contributed by atoms with Gasteiger partial charge in [-0.1, -0.05) is 38.3 Å². The van der Waals surface area contributed by atoms with E-state index in [0.717, 1.165) is 25.7 Å². The molecule has 0 aromatic heterocycles. The number of fused-ring (bicyclic) bond motifs is 1. The van der Waals surface area contributed by atoms with E-state index >= 15 is 0 Å². The molecule has 2 aromatic carbocycles. The Bertz CT molecular complexity index is 852. The third-order valence-corrected chi connectivity index (χ3v) is 5.74. The lowest BCUT2D eigenvalue weighted by Gasteiger charge is -2.30. The van der Waals surface area contributed by atoms with Gasteiger partial charge in [0, 0.05) is 0 Å². The number of carbonyl (C=O) groups excluding carboxylic acids is 1. The molecule has 0 radical (unpaired) electrons. The summed E-state index contributed by atoms with van der Waals surface area (Å²) < 4.78 is 52.2. The van der Waals surface area contributed by atoms with E-state index in [2.05, 4.69) is 11.7 Å². The van der Waals surface area contributed by atoms with E-state index in [1.54, 1.807) is 6.07 Å². The first-order chi connectivity index (χ1) is 13.8. The van der Waals surface area contributed by atoms with Gasteiger partial charge in [-0.25, -0.2) is 4.79 Å². The maximum Gasteiger partial charge on any atom is 0.420 e. The third-order valence-electron chi connectivity index (χ3n) is 5.74. The molecule has 0 spiro atoms. The number of unbranched alkanes of at least 4 members (excludes halogenated alkanes) is 1. The van der Waals surface area contributed by atoms with Crippen molar-refractivity contribution in [2.24, 2.45) is 5.92 Å². The second kappa shape index (κ2) is 9.06. The molecule has 3 nitrogen and oxygen atoms in total. The van der Waals surface area contributed by atoms with Gasteiger partial charge in [-0.3, -0.25) is 0 Å². The first kappa shape index (κ1) is 21.5. The molecule has 0 unspecified atom stereocenters. The number of methoxy groups -OCH3 is 1. The second-order valence-corrected chi connectivity index (χ2v) is 7.77. The van der Waals surface area contributed by atoms with Crippen LogP contribution in [0.5, 0.6) is 5.75 Å². The molecule has 158 valence electrons. The zero-order valence-corrected chi connectivity index (χ0v) is 16.8. The molecular weight excluding hydrogens is 381 g/mol. The molecule has 1 aliphatic rings. The van der Waals surface area contributed by atoms with Crippen LogP contribution >= 0.6 is 0 Å². The monoisotopic (exact) mass is 408 g/mol. The lowest BCUT2D eigenvalue weighted by Crippen LogP contribution is -2.25. The summed E-state index contributed by atoms with van der Waals surface area (Å²) in [5.74, 6) is -0.0568. The molecule has 0 atom stereocenters. The molecule has 0 heterocycles. The minimum absolute atomic E-state index is 0.0271. The molecule has 3 rings (SSSR count). The minimum Gasteiger partial charge on any atom is -0.490 e. The number of hydrogen-bond donors (Lipinski definition) is 0. The topological polar surface area (TPSA) is 35.5 Å². The van der Waals surface area contributed by atoms with Crippen LogP contribution in [0.3, 0.4) is 0 Å². The van der Waals surface area contributed by atoms with Crippen molar-refractivity contribution >= 4 is 16.7 Å². The zero-order chi connectivity index (χ0) is 21.0. The van der Waals surface area contributed by atoms with Crippen molar-refractivity contribution in [2.75, 3.05) is 7.11 Å². The van der Waals surface area contributed by atoms with Crippen LogP contribution in [-0.2, 0) is 10.9 Å². The number of alkyl halides is 3. The maximum absolute atomic E-state index is 13.9. The van der Waals surface area contributed by atoms with Crippen LogP contribution in [-0.4, -0.2) is 19.2 Å². The second-order valence-electron chi connectivity index (χ2n) is 7.77. The molecule has 2 aromatic rings. The van der Waals surface area contributed by atoms with Crippen LogP contribution < -0.4 is 4.74 Å². The Labute approximate surface area is 169 Å². The van der Waals surface area contributed by atoms with E-state index in [-0.39, 0.29) is 22.8 Å². The van der Waals surface area contributed by atoms with E-state index in [1.807, 2.05) is 0 Å². The Balaban J connectivity index is 1.85. The highest BCUT2D eigenvalue weighted by molar-refractivity contribution is 5.97. The van der Waals surface area contributed by atoms with E-state index in [0.29, 0.717) is 11.3 Å². The van der Waals surface area contributed by atoms with Crippen LogP contribution in [0.15, 0.2) is 30.3 Å². The molecule has 1 aliphatic carbocycles. The fraction of sp³-hybridized carbons (Fsp3) is 0.522. The lowest BCUT2D eigenvalue weighted by molar-refractivity contribution is -0.138. The highest BCUT2D eigenvalue weighted by Crippen LogP contribution is 2.43. The van der Waals surface area contributed by atoms with E-state index < -0.39 is 17.7 Å². The average molecular weight is 408 g/mol. The minimum atomic E-state index is -4.56. The molecule has 0 aliphatic heterocycles. The van der Waals surface area contributed by atoms with Crippen molar-refractivity contribution in [3.05, 3.63) is 41.5 Å². The molecule has 0 saturated heterocycles. The summed E-state index contributed by atoms with van der Waals surface area (Å²) in [6.07, 6.45) is 2.38. The summed E-state index contributed by atoms with van der Waals surface area (Å²) in [5.41, 5.74) is -0.563. The molecule has 0 bridgehead atoms. The number of carbonyl (C=O) groups is 1. The SMILES string of the molecule is CCCCC1CCC(Oc2ccc3cc(C(=O)OC)ccc3c2C(F)(F)F)CC1. The summed E-state index contributed by atoms with van der Waals surface area (Å²) in [7, 11) is 1.24. The summed E-state index contributed by atoms with van der Waals surface area (Å²) in [5, 5.41) is 0.357. The number of ether oxygens (including phenoxy) is 2. The normalized spacial score (nSPS) is 19.9. The highest BCUT2D eigenvalue weighted by Gasteiger charge is 2.37. The maximum atomic E-state index is 13.9. The fourth-order valence-corrected chi connectivity index (χ4v) is 4.16. The van der Waals surface area contributed by atoms with Gasteiger partial charge in [-0.2, -0.15) is 13.2 Å². The smallest absolute Gasteiger partial charge is 0.420 e. The largest absolute Gasteiger partial charge is 0.490 e. The number of esters is 1. The van der Waals surface area contributed by atoms with Gasteiger partial charge < -0.3 is 9.47 Å². The predicted molar refractivity (Wildman–Crippen MR) is 106 cm³/mol. The van der Waals surface area contributed by atoms with Gasteiger partial charge in [0.05, 0.1) is 18.8 Å². The molecular formula is C23H27F3O3. The van der Waals surface area contributed by atoms with Crippen molar-refractivity contribution in [1.29, 1.82) is 0 Å². The Morgan fingerprint density at radius 2 is 1.83 bits per heavy atom. The number of benzene rings is 2. The molecule has 6 heteroatoms. The van der Waals surface area contributed by atoms with Gasteiger partial charge in [-0.15, -0.1) is 0 Å². The summed E-state index contributed by atoms with van der Waals surface area (Å²) in [4.78, 5) is 11.7. The van der Waals surface area contributed by atoms with Gasteiger partial charge >= 0.3 is 12.1 Å². The quantitative estimate of drug-likeness (QED) is 0.495. The van der Waals surface area contributed by atoms with E-state index in [4.69, 9.17) is 4.74 Å². The average Bonchev–Trinajstić information content (AvgIpc) is 2.71. The van der Waals surface area contributed by atoms with Crippen LogP contribution in [0, 0.1) is 5.92 Å². The van der Waals surface area contributed by atoms with E-state index in [9.17, 15) is 18.0 Å². The molecule has 29 heavy (non-hydrogen) atoms. The van der Waals surface area contributed by atoms with E-state index in [1.165, 1.54) is 50.6 Å². The van der Waals surface area contributed by atoms with Gasteiger partial charge in [0.1, 0.15) is 11.3 Å². The Morgan fingerprint density at radius 3 is 2.45 bits per heavy atom. The Morgan fingerprint density at radius 1 is 1.10 bits per heavy atom. The Hall–Kier alpha value is -2.24. The summed E-state index contributed by atoms with van der Waals surface area (Å²) in [6.45, 7) is 2.17. The number of hydrogen-bond acceptors (Lipinski definition) is 3. The number of rotatable bonds is 6. The zero-order valence-electron chi connectivity index (χ0n) is 16.8. The van der Waals surface area contributed by atoms with Crippen molar-refractivity contribution in [3.63, 3.8) is 0 Å².